The zero-order valence-corrected chi connectivity index (χ0v) is 15.2. The minimum atomic E-state index is -4.18. The van der Waals surface area contributed by atoms with E-state index < -0.39 is 12.7 Å². The van der Waals surface area contributed by atoms with Gasteiger partial charge in [-0.05, 0) is 25.6 Å². The Labute approximate surface area is 147 Å². The summed E-state index contributed by atoms with van der Waals surface area (Å²) in [6.07, 6.45) is -4.18. The molecule has 0 spiro atoms. The monoisotopic (exact) mass is 360 g/mol. The Morgan fingerprint density at radius 1 is 1.20 bits per heavy atom. The molecule has 142 valence electrons. The maximum absolute atomic E-state index is 12.3. The molecule has 0 bridgehead atoms. The van der Waals surface area contributed by atoms with Crippen LogP contribution in [0.5, 0.6) is 5.75 Å². The molecule has 0 fully saturated rings. The predicted molar refractivity (Wildman–Crippen MR) is 94.2 cm³/mol. The van der Waals surface area contributed by atoms with E-state index in [0.29, 0.717) is 25.7 Å². The molecular weight excluding hydrogens is 333 g/mol. The smallest absolute Gasteiger partial charge is 0.401 e. The number of hydrogen-bond acceptors (Lipinski definition) is 3. The minimum absolute atomic E-state index is 0.270. The van der Waals surface area contributed by atoms with Crippen molar-refractivity contribution in [3.05, 3.63) is 29.8 Å². The summed E-state index contributed by atoms with van der Waals surface area (Å²) in [6.45, 7) is 2.79. The van der Waals surface area contributed by atoms with Crippen molar-refractivity contribution in [2.75, 3.05) is 53.9 Å². The number of nitrogens with zero attached hydrogens (tertiary/aromatic N) is 3. The summed E-state index contributed by atoms with van der Waals surface area (Å²) in [7, 11) is 4.94. The van der Waals surface area contributed by atoms with Crippen LogP contribution in [-0.2, 0) is 0 Å². The number of nitrogens with one attached hydrogen (secondary N) is 1. The fourth-order valence-corrected chi connectivity index (χ4v) is 2.25. The fraction of sp³-hybridized carbons (Fsp3) is 0.588. The highest BCUT2D eigenvalue weighted by molar-refractivity contribution is 5.79. The number of para-hydroxylation sites is 1. The Kier molecular flexibility index (Phi) is 8.54. The molecule has 0 heterocycles. The van der Waals surface area contributed by atoms with Crippen molar-refractivity contribution >= 4 is 5.96 Å². The zero-order valence-electron chi connectivity index (χ0n) is 15.2. The van der Waals surface area contributed by atoms with Crippen molar-refractivity contribution in [1.29, 1.82) is 0 Å². The molecule has 1 rings (SSSR count). The first-order chi connectivity index (χ1) is 11.7. The number of halogens is 3. The molecule has 0 saturated carbocycles. The van der Waals surface area contributed by atoms with Crippen LogP contribution in [0, 0.1) is 6.92 Å². The molecule has 0 aliphatic carbocycles. The lowest BCUT2D eigenvalue weighted by Crippen LogP contribution is -2.44. The molecule has 0 saturated heterocycles. The quantitative estimate of drug-likeness (QED) is 0.571. The van der Waals surface area contributed by atoms with Gasteiger partial charge in [-0.2, -0.15) is 13.2 Å². The summed E-state index contributed by atoms with van der Waals surface area (Å²) < 4.78 is 42.6. The third-order valence-electron chi connectivity index (χ3n) is 3.58. The number of guanidine groups is 1. The summed E-state index contributed by atoms with van der Waals surface area (Å²) in [4.78, 5) is 7.24. The van der Waals surface area contributed by atoms with E-state index in [9.17, 15) is 13.2 Å². The van der Waals surface area contributed by atoms with Gasteiger partial charge in [0, 0.05) is 27.2 Å². The summed E-state index contributed by atoms with van der Waals surface area (Å²) in [5, 5.41) is 3.06. The number of aryl methyl sites for hydroxylation is 1. The van der Waals surface area contributed by atoms with E-state index in [2.05, 4.69) is 10.3 Å². The van der Waals surface area contributed by atoms with E-state index in [0.717, 1.165) is 11.3 Å². The van der Waals surface area contributed by atoms with Crippen LogP contribution in [0.2, 0.25) is 0 Å². The van der Waals surface area contributed by atoms with E-state index in [1.807, 2.05) is 43.1 Å². The van der Waals surface area contributed by atoms with Crippen molar-refractivity contribution in [2.24, 2.45) is 4.99 Å². The fourth-order valence-electron chi connectivity index (χ4n) is 2.25. The number of aliphatic imine (C=N–C) groups is 1. The maximum atomic E-state index is 12.3. The van der Waals surface area contributed by atoms with Gasteiger partial charge in [0.2, 0.25) is 0 Å². The van der Waals surface area contributed by atoms with Gasteiger partial charge in [0.25, 0.3) is 0 Å². The summed E-state index contributed by atoms with van der Waals surface area (Å²) >= 11 is 0. The molecule has 1 N–H and O–H groups in total. The molecule has 0 aliphatic rings. The Balaban J connectivity index is 2.32. The predicted octanol–water partition coefficient (Wildman–Crippen LogP) is 2.38. The summed E-state index contributed by atoms with van der Waals surface area (Å²) in [6, 6.07) is 7.77. The Morgan fingerprint density at radius 3 is 2.48 bits per heavy atom. The lowest BCUT2D eigenvalue weighted by Gasteiger charge is -2.24. The molecule has 0 unspecified atom stereocenters. The van der Waals surface area contributed by atoms with E-state index >= 15 is 0 Å². The molecule has 1 aromatic carbocycles. The molecular formula is C17H27F3N4O. The third kappa shape index (κ3) is 8.62. The Hall–Kier alpha value is -1.96. The van der Waals surface area contributed by atoms with Gasteiger partial charge in [-0.1, -0.05) is 18.2 Å². The molecule has 0 aliphatic heterocycles. The average molecular weight is 360 g/mol. The Bertz CT molecular complexity index is 549. The zero-order chi connectivity index (χ0) is 18.9. The third-order valence-corrected chi connectivity index (χ3v) is 3.58. The van der Waals surface area contributed by atoms with Crippen LogP contribution in [0.3, 0.4) is 0 Å². The van der Waals surface area contributed by atoms with Crippen LogP contribution in [0.25, 0.3) is 0 Å². The maximum Gasteiger partial charge on any atom is 0.401 e. The highest BCUT2D eigenvalue weighted by Gasteiger charge is 2.28. The summed E-state index contributed by atoms with van der Waals surface area (Å²) in [5.41, 5.74) is 1.07. The van der Waals surface area contributed by atoms with E-state index in [1.54, 1.807) is 7.05 Å². The Morgan fingerprint density at radius 2 is 1.88 bits per heavy atom. The van der Waals surface area contributed by atoms with Gasteiger partial charge >= 0.3 is 6.18 Å². The topological polar surface area (TPSA) is 40.1 Å². The number of hydrogen-bond donors (Lipinski definition) is 1. The minimum Gasteiger partial charge on any atom is -0.491 e. The van der Waals surface area contributed by atoms with Gasteiger partial charge < -0.3 is 15.0 Å². The van der Waals surface area contributed by atoms with Crippen molar-refractivity contribution in [2.45, 2.75) is 13.1 Å². The summed E-state index contributed by atoms with van der Waals surface area (Å²) in [5.74, 6) is 1.46. The number of likely N-dealkylation sites (N-methyl/N-ethyl adjacent to an activating group) is 2. The van der Waals surface area contributed by atoms with E-state index in [-0.39, 0.29) is 6.54 Å². The van der Waals surface area contributed by atoms with Crippen LogP contribution in [0.4, 0.5) is 13.2 Å². The lowest BCUT2D eigenvalue weighted by atomic mass is 10.2. The first-order valence-electron chi connectivity index (χ1n) is 8.08. The molecule has 1 aromatic rings. The molecule has 0 aromatic heterocycles. The molecule has 25 heavy (non-hydrogen) atoms. The largest absolute Gasteiger partial charge is 0.491 e. The average Bonchev–Trinajstić information content (AvgIpc) is 2.51. The van der Waals surface area contributed by atoms with Crippen molar-refractivity contribution < 1.29 is 17.9 Å². The van der Waals surface area contributed by atoms with E-state index in [1.165, 1.54) is 11.9 Å². The molecule has 0 radical (unpaired) electrons. The van der Waals surface area contributed by atoms with Crippen molar-refractivity contribution in [3.63, 3.8) is 0 Å². The molecule has 0 amide bonds. The second-order valence-electron chi connectivity index (χ2n) is 5.86. The van der Waals surface area contributed by atoms with Crippen LogP contribution in [0.1, 0.15) is 5.56 Å². The molecule has 0 atom stereocenters. The first kappa shape index (κ1) is 21.1. The highest BCUT2D eigenvalue weighted by Crippen LogP contribution is 2.16. The van der Waals surface area contributed by atoms with Crippen molar-refractivity contribution in [3.8, 4) is 5.75 Å². The van der Waals surface area contributed by atoms with Crippen LogP contribution in [-0.4, -0.2) is 75.9 Å². The standard InChI is InChI=1S/C17H27F3N4O/c1-14-7-5-6-8-15(14)25-12-11-24(4)16(21-2)22-9-10-23(3)13-17(18,19)20/h5-8H,9-13H2,1-4H3,(H,21,22). The van der Waals surface area contributed by atoms with Gasteiger partial charge in [-0.3, -0.25) is 9.89 Å². The van der Waals surface area contributed by atoms with Gasteiger partial charge in [0.1, 0.15) is 12.4 Å². The van der Waals surface area contributed by atoms with Crippen LogP contribution < -0.4 is 10.1 Å². The van der Waals surface area contributed by atoms with Crippen LogP contribution >= 0.6 is 0 Å². The number of ether oxygens (including phenoxy) is 1. The van der Waals surface area contributed by atoms with Gasteiger partial charge in [0.05, 0.1) is 13.1 Å². The molecule has 8 heteroatoms. The highest BCUT2D eigenvalue weighted by atomic mass is 19.4. The normalized spacial score (nSPS) is 12.4. The van der Waals surface area contributed by atoms with E-state index in [4.69, 9.17) is 4.74 Å². The second kappa shape index (κ2) is 10.1. The van der Waals surface area contributed by atoms with Crippen molar-refractivity contribution in [1.82, 2.24) is 15.1 Å². The number of benzene rings is 1. The van der Waals surface area contributed by atoms with Gasteiger partial charge in [-0.25, -0.2) is 0 Å². The van der Waals surface area contributed by atoms with Crippen LogP contribution in [0.15, 0.2) is 29.3 Å². The number of rotatable bonds is 8. The van der Waals surface area contributed by atoms with Gasteiger partial charge in [0.15, 0.2) is 5.96 Å². The van der Waals surface area contributed by atoms with Gasteiger partial charge in [-0.15, -0.1) is 0 Å². The molecule has 5 nitrogen and oxygen atoms in total. The SMILES string of the molecule is CN=C(NCCN(C)CC(F)(F)F)N(C)CCOc1ccccc1C. The number of alkyl halides is 3. The first-order valence-corrected chi connectivity index (χ1v) is 8.08. The second-order valence-corrected chi connectivity index (χ2v) is 5.86. The lowest BCUT2D eigenvalue weighted by molar-refractivity contribution is -0.142.